The number of ether oxygens (including phenoxy) is 2. The van der Waals surface area contributed by atoms with Gasteiger partial charge in [-0.2, -0.15) is 0 Å². The Bertz CT molecular complexity index is 664. The Labute approximate surface area is 148 Å². The number of carbonyl (C=O) groups is 1. The Hall–Kier alpha value is -1.18. The molecule has 0 unspecified atom stereocenters. The van der Waals surface area contributed by atoms with E-state index in [1.165, 1.54) is 11.3 Å². The number of benzene rings is 1. The molecule has 0 spiro atoms. The molecule has 5 nitrogen and oxygen atoms in total. The molecule has 0 aliphatic heterocycles. The average molecular weight is 375 g/mol. The molecule has 0 saturated heterocycles. The highest BCUT2D eigenvalue weighted by Crippen LogP contribution is 2.26. The van der Waals surface area contributed by atoms with Crippen molar-refractivity contribution in [2.24, 2.45) is 0 Å². The molecule has 0 saturated carbocycles. The fourth-order valence-corrected chi connectivity index (χ4v) is 3.01. The Balaban J connectivity index is 1.88. The number of nitrogens with zero attached hydrogens (tertiary/aromatic N) is 1. The van der Waals surface area contributed by atoms with Crippen molar-refractivity contribution in [3.63, 3.8) is 0 Å². The normalized spacial score (nSPS) is 10.7. The number of amides is 1. The van der Waals surface area contributed by atoms with Crippen LogP contribution in [0.25, 0.3) is 0 Å². The summed E-state index contributed by atoms with van der Waals surface area (Å²) in [6.07, 6.45) is 2.32. The second-order valence-corrected chi connectivity index (χ2v) is 6.60. The standard InChI is InChI=1S/C15H16Cl2N2O3S/c1-21-4-5-22-9-14(20)19-15-18-8-12(23-15)7-10-6-11(16)2-3-13(10)17/h2-3,6,8H,4-5,7,9H2,1H3,(H,18,19,20). The Kier molecular flexibility index (Phi) is 7.26. The largest absolute Gasteiger partial charge is 0.382 e. The predicted molar refractivity (Wildman–Crippen MR) is 92.7 cm³/mol. The van der Waals surface area contributed by atoms with Crippen LogP contribution in [0.2, 0.25) is 10.0 Å². The lowest BCUT2D eigenvalue weighted by molar-refractivity contribution is -0.121. The molecule has 1 aromatic heterocycles. The van der Waals surface area contributed by atoms with Crippen LogP contribution < -0.4 is 5.32 Å². The molecule has 0 aliphatic rings. The van der Waals surface area contributed by atoms with Gasteiger partial charge in [-0.25, -0.2) is 4.98 Å². The van der Waals surface area contributed by atoms with E-state index in [4.69, 9.17) is 32.7 Å². The lowest BCUT2D eigenvalue weighted by Crippen LogP contribution is -2.19. The van der Waals surface area contributed by atoms with Crippen LogP contribution in [0.1, 0.15) is 10.4 Å². The Morgan fingerprint density at radius 1 is 1.35 bits per heavy atom. The minimum Gasteiger partial charge on any atom is -0.382 e. The van der Waals surface area contributed by atoms with Crippen LogP contribution in [0.5, 0.6) is 0 Å². The molecule has 0 aliphatic carbocycles. The van der Waals surface area contributed by atoms with Crippen molar-refractivity contribution in [2.45, 2.75) is 6.42 Å². The predicted octanol–water partition coefficient (Wildman–Crippen LogP) is 3.64. The number of anilines is 1. The number of hydrogen-bond acceptors (Lipinski definition) is 5. The van der Waals surface area contributed by atoms with Crippen molar-refractivity contribution in [3.05, 3.63) is 44.9 Å². The smallest absolute Gasteiger partial charge is 0.252 e. The lowest BCUT2D eigenvalue weighted by atomic mass is 10.1. The number of aromatic nitrogens is 1. The maximum Gasteiger partial charge on any atom is 0.252 e. The summed E-state index contributed by atoms with van der Waals surface area (Å²) in [7, 11) is 1.58. The minimum absolute atomic E-state index is 0.0294. The summed E-state index contributed by atoms with van der Waals surface area (Å²) in [4.78, 5) is 16.8. The average Bonchev–Trinajstić information content (AvgIpc) is 2.94. The van der Waals surface area contributed by atoms with E-state index in [1.54, 1.807) is 25.4 Å². The highest BCUT2D eigenvalue weighted by molar-refractivity contribution is 7.15. The van der Waals surface area contributed by atoms with E-state index in [0.29, 0.717) is 34.8 Å². The number of rotatable bonds is 8. The summed E-state index contributed by atoms with van der Waals surface area (Å²) in [5.41, 5.74) is 0.920. The van der Waals surface area contributed by atoms with Crippen molar-refractivity contribution in [3.8, 4) is 0 Å². The number of halogens is 2. The van der Waals surface area contributed by atoms with Gasteiger partial charge in [0.05, 0.1) is 13.2 Å². The first-order valence-corrected chi connectivity index (χ1v) is 8.41. The van der Waals surface area contributed by atoms with Crippen molar-refractivity contribution in [2.75, 3.05) is 32.2 Å². The van der Waals surface area contributed by atoms with Crippen LogP contribution in [0.3, 0.4) is 0 Å². The van der Waals surface area contributed by atoms with E-state index in [2.05, 4.69) is 10.3 Å². The van der Waals surface area contributed by atoms with Crippen molar-refractivity contribution < 1.29 is 14.3 Å². The summed E-state index contributed by atoms with van der Waals surface area (Å²) >= 11 is 13.5. The first-order chi connectivity index (χ1) is 11.1. The molecule has 2 rings (SSSR count). The van der Waals surface area contributed by atoms with E-state index in [-0.39, 0.29) is 12.5 Å². The molecule has 2 aromatic rings. The topological polar surface area (TPSA) is 60.5 Å². The van der Waals surface area contributed by atoms with Crippen molar-refractivity contribution >= 4 is 45.6 Å². The highest BCUT2D eigenvalue weighted by atomic mass is 35.5. The Morgan fingerprint density at radius 2 is 2.17 bits per heavy atom. The van der Waals surface area contributed by atoms with Gasteiger partial charge in [0.15, 0.2) is 5.13 Å². The highest BCUT2D eigenvalue weighted by Gasteiger charge is 2.09. The van der Waals surface area contributed by atoms with Gasteiger partial charge in [0.25, 0.3) is 5.91 Å². The van der Waals surface area contributed by atoms with Gasteiger partial charge in [-0.3, -0.25) is 10.1 Å². The number of nitrogens with one attached hydrogen (secondary N) is 1. The van der Waals surface area contributed by atoms with Gasteiger partial charge in [0.1, 0.15) is 6.61 Å². The van der Waals surface area contributed by atoms with Gasteiger partial charge in [-0.1, -0.05) is 23.2 Å². The lowest BCUT2D eigenvalue weighted by Gasteiger charge is -2.03. The monoisotopic (exact) mass is 374 g/mol. The van der Waals surface area contributed by atoms with E-state index >= 15 is 0 Å². The fourth-order valence-electron chi connectivity index (χ4n) is 1.78. The molecule has 0 fully saturated rings. The third kappa shape index (κ3) is 6.08. The van der Waals surface area contributed by atoms with Gasteiger partial charge in [-0.05, 0) is 23.8 Å². The van der Waals surface area contributed by atoms with Gasteiger partial charge in [0, 0.05) is 34.6 Å². The zero-order chi connectivity index (χ0) is 16.7. The molecule has 0 radical (unpaired) electrons. The SMILES string of the molecule is COCCOCC(=O)Nc1ncc(Cc2cc(Cl)ccc2Cl)s1. The number of thiazole rings is 1. The first-order valence-electron chi connectivity index (χ1n) is 6.83. The summed E-state index contributed by atoms with van der Waals surface area (Å²) in [6.45, 7) is 0.799. The van der Waals surface area contributed by atoms with Crippen LogP contribution in [-0.2, 0) is 20.7 Å². The molecule has 23 heavy (non-hydrogen) atoms. The molecule has 0 bridgehead atoms. The molecule has 1 N–H and O–H groups in total. The molecule has 124 valence electrons. The van der Waals surface area contributed by atoms with Gasteiger partial charge < -0.3 is 9.47 Å². The van der Waals surface area contributed by atoms with Crippen LogP contribution in [0, 0.1) is 0 Å². The van der Waals surface area contributed by atoms with Crippen molar-refractivity contribution in [1.82, 2.24) is 4.98 Å². The van der Waals surface area contributed by atoms with Gasteiger partial charge in [-0.15, -0.1) is 11.3 Å². The van der Waals surface area contributed by atoms with E-state index in [9.17, 15) is 4.79 Å². The second-order valence-electron chi connectivity index (χ2n) is 4.64. The minimum atomic E-state index is -0.247. The van der Waals surface area contributed by atoms with E-state index in [1.807, 2.05) is 6.07 Å². The molecule has 8 heteroatoms. The molecular weight excluding hydrogens is 359 g/mol. The number of carbonyl (C=O) groups excluding carboxylic acids is 1. The maximum absolute atomic E-state index is 11.7. The quantitative estimate of drug-likeness (QED) is 0.716. The van der Waals surface area contributed by atoms with Gasteiger partial charge in [0.2, 0.25) is 0 Å². The second kappa shape index (κ2) is 9.20. The van der Waals surface area contributed by atoms with E-state index < -0.39 is 0 Å². The summed E-state index contributed by atoms with van der Waals surface area (Å²) in [5, 5.41) is 4.51. The van der Waals surface area contributed by atoms with Crippen molar-refractivity contribution in [1.29, 1.82) is 0 Å². The third-order valence-electron chi connectivity index (χ3n) is 2.84. The maximum atomic E-state index is 11.7. The first kappa shape index (κ1) is 18.2. The molecular formula is C15H16Cl2N2O3S. The number of hydrogen-bond donors (Lipinski definition) is 1. The van der Waals surface area contributed by atoms with Gasteiger partial charge >= 0.3 is 0 Å². The molecule has 1 amide bonds. The summed E-state index contributed by atoms with van der Waals surface area (Å²) in [5.74, 6) is -0.247. The van der Waals surface area contributed by atoms with Crippen LogP contribution in [0.4, 0.5) is 5.13 Å². The zero-order valence-corrected chi connectivity index (χ0v) is 14.8. The molecule has 1 aromatic carbocycles. The van der Waals surface area contributed by atoms with Crippen LogP contribution >= 0.6 is 34.5 Å². The van der Waals surface area contributed by atoms with E-state index in [0.717, 1.165) is 10.4 Å². The zero-order valence-electron chi connectivity index (χ0n) is 12.5. The Morgan fingerprint density at radius 3 is 2.96 bits per heavy atom. The van der Waals surface area contributed by atoms with Crippen LogP contribution in [0.15, 0.2) is 24.4 Å². The fraction of sp³-hybridized carbons (Fsp3) is 0.333. The number of methoxy groups -OCH3 is 1. The summed E-state index contributed by atoms with van der Waals surface area (Å²) in [6, 6.07) is 5.33. The van der Waals surface area contributed by atoms with Crippen LogP contribution in [-0.4, -0.2) is 37.8 Å². The molecule has 0 atom stereocenters. The summed E-state index contributed by atoms with van der Waals surface area (Å²) < 4.78 is 9.98. The molecule has 1 heterocycles. The third-order valence-corrected chi connectivity index (χ3v) is 4.35.